The molecule has 1 heterocycles. The Morgan fingerprint density at radius 3 is 1.86 bits per heavy atom. The van der Waals surface area contributed by atoms with Crippen LogP contribution in [-0.4, -0.2) is 59.6 Å². The van der Waals surface area contributed by atoms with Crippen molar-refractivity contribution in [2.75, 3.05) is 31.1 Å². The Morgan fingerprint density at radius 1 is 1.00 bits per heavy atom. The molecular weight excluding hydrogens is 367 g/mol. The van der Waals surface area contributed by atoms with Crippen molar-refractivity contribution < 1.29 is 9.76 Å². The first-order valence-electron chi connectivity index (χ1n) is 9.90. The van der Waals surface area contributed by atoms with Crippen LogP contribution in [0.15, 0.2) is 37.1 Å². The second kappa shape index (κ2) is 10.1. The largest absolute Gasteiger partial charge is 0.516 e. The number of rotatable bonds is 5. The fourth-order valence-corrected chi connectivity index (χ4v) is 2.81. The summed E-state index contributed by atoms with van der Waals surface area (Å²) in [5.74, 6) is 0. The minimum Gasteiger partial charge on any atom is -0.516 e. The third-order valence-corrected chi connectivity index (χ3v) is 5.99. The van der Waals surface area contributed by atoms with Crippen LogP contribution in [0.3, 0.4) is 0 Å². The summed E-state index contributed by atoms with van der Waals surface area (Å²) in [6, 6.07) is 8.65. The lowest BCUT2D eigenvalue weighted by atomic mass is 9.84. The summed E-state index contributed by atoms with van der Waals surface area (Å²) in [5.41, 5.74) is 2.30. The van der Waals surface area contributed by atoms with Gasteiger partial charge in [0, 0.05) is 42.2 Å². The molecule has 0 amide bonds. The summed E-state index contributed by atoms with van der Waals surface area (Å²) >= 11 is 4.64. The third-order valence-electron chi connectivity index (χ3n) is 5.45. The zero-order valence-electron chi connectivity index (χ0n) is 18.7. The van der Waals surface area contributed by atoms with Gasteiger partial charge in [-0.1, -0.05) is 24.2 Å². The molecule has 0 aromatic heterocycles. The number of aliphatic hydroxyl groups excluding tert-OH is 1. The topological polar surface area (TPSA) is 35.9 Å². The average Bonchev–Trinajstić information content (AvgIpc) is 2.60. The molecule has 1 radical (unpaired) electrons. The lowest BCUT2D eigenvalue weighted by molar-refractivity contribution is 0.0854. The van der Waals surface area contributed by atoms with Crippen molar-refractivity contribution in [3.63, 3.8) is 0 Å². The molecule has 0 saturated carbocycles. The van der Waals surface area contributed by atoms with Crippen molar-refractivity contribution in [1.29, 1.82) is 0 Å². The van der Waals surface area contributed by atoms with Crippen LogP contribution in [0.25, 0.3) is 0 Å². The first-order valence-corrected chi connectivity index (χ1v) is 10.3. The van der Waals surface area contributed by atoms with Gasteiger partial charge in [0.05, 0.1) is 11.9 Å². The Labute approximate surface area is 178 Å². The Bertz CT molecular complexity index is 598. The molecule has 1 aliphatic heterocycles. The van der Waals surface area contributed by atoms with Crippen molar-refractivity contribution in [2.45, 2.75) is 64.4 Å². The number of anilines is 1. The van der Waals surface area contributed by atoms with Gasteiger partial charge in [-0.05, 0) is 60.6 Å². The molecule has 2 rings (SSSR count). The van der Waals surface area contributed by atoms with Gasteiger partial charge in [-0.2, -0.15) is 12.6 Å². The van der Waals surface area contributed by atoms with Crippen LogP contribution >= 0.6 is 12.6 Å². The molecule has 28 heavy (non-hydrogen) atoms. The van der Waals surface area contributed by atoms with E-state index in [9.17, 15) is 0 Å². The van der Waals surface area contributed by atoms with E-state index in [2.05, 4.69) is 102 Å². The number of piperazine rings is 1. The van der Waals surface area contributed by atoms with Crippen molar-refractivity contribution in [2.24, 2.45) is 0 Å². The molecule has 0 bridgehead atoms. The predicted octanol–water partition coefficient (Wildman–Crippen LogP) is 4.04. The fourth-order valence-electron chi connectivity index (χ4n) is 2.76. The molecule has 1 fully saturated rings. The maximum Gasteiger partial charge on any atom is 0.330 e. The Kier molecular flexibility index (Phi) is 8.98. The summed E-state index contributed by atoms with van der Waals surface area (Å²) in [7, 11) is 1.85. The van der Waals surface area contributed by atoms with E-state index in [0.717, 1.165) is 37.9 Å². The van der Waals surface area contributed by atoms with E-state index < -0.39 is 0 Å². The normalized spacial score (nSPS) is 16.2. The number of hydrogen-bond acceptors (Lipinski definition) is 5. The lowest BCUT2D eigenvalue weighted by Crippen LogP contribution is -2.53. The van der Waals surface area contributed by atoms with Crippen LogP contribution in [0.4, 0.5) is 5.69 Å². The van der Waals surface area contributed by atoms with Gasteiger partial charge >= 0.3 is 7.48 Å². The molecule has 0 unspecified atom stereocenters. The fraction of sp³-hybridized carbons (Fsp3) is 0.636. The molecule has 1 aromatic carbocycles. The summed E-state index contributed by atoms with van der Waals surface area (Å²) in [6.07, 6.45) is 0.750. The third kappa shape index (κ3) is 7.38. The zero-order chi connectivity index (χ0) is 21.6. The maximum absolute atomic E-state index is 7.33. The quantitative estimate of drug-likeness (QED) is 0.440. The SMILES string of the molecule is C=CO.CC(C)(C)N1CCN(c2ccc([B]OC(C)(C)C(C)(C)S)cc2)CC1. The van der Waals surface area contributed by atoms with Gasteiger partial charge in [-0.25, -0.2) is 0 Å². The van der Waals surface area contributed by atoms with E-state index in [1.54, 1.807) is 0 Å². The molecule has 0 aliphatic carbocycles. The van der Waals surface area contributed by atoms with Crippen LogP contribution in [0.5, 0.6) is 0 Å². The zero-order valence-corrected chi connectivity index (χ0v) is 19.6. The van der Waals surface area contributed by atoms with Gasteiger partial charge in [0.1, 0.15) is 0 Å². The first kappa shape index (κ1) is 24.9. The molecule has 6 heteroatoms. The highest BCUT2D eigenvalue weighted by molar-refractivity contribution is 7.81. The summed E-state index contributed by atoms with van der Waals surface area (Å²) in [4.78, 5) is 5.02. The molecule has 1 saturated heterocycles. The molecule has 1 aromatic rings. The molecule has 1 N–H and O–H groups in total. The average molecular weight is 405 g/mol. The summed E-state index contributed by atoms with van der Waals surface area (Å²) < 4.78 is 5.78. The Balaban J connectivity index is 0.00000122. The predicted molar refractivity (Wildman–Crippen MR) is 126 cm³/mol. The minimum absolute atomic E-state index is 0.212. The summed E-state index contributed by atoms with van der Waals surface area (Å²) in [5, 5.41) is 7.33. The Hall–Kier alpha value is -1.11. The number of thiol groups is 1. The molecule has 4 nitrogen and oxygen atoms in total. The van der Waals surface area contributed by atoms with Gasteiger partial charge in [0.25, 0.3) is 0 Å². The Morgan fingerprint density at radius 2 is 1.46 bits per heavy atom. The number of nitrogens with zero attached hydrogens (tertiary/aromatic N) is 2. The van der Waals surface area contributed by atoms with Gasteiger partial charge < -0.3 is 14.7 Å². The van der Waals surface area contributed by atoms with E-state index in [1.165, 1.54) is 5.69 Å². The molecule has 0 spiro atoms. The van der Waals surface area contributed by atoms with Gasteiger partial charge in [0.2, 0.25) is 0 Å². The van der Waals surface area contributed by atoms with Crippen LogP contribution in [0.1, 0.15) is 48.5 Å². The standard InChI is InChI=1S/C20H34BN2OS.C2H4O/c1-18(2,3)23-14-12-22(13-15-23)17-10-8-16(9-11-17)21-24-19(4,5)20(6,7)25;1-2-3/h8-11,25H,12-15H2,1-7H3;2-3H,1H2. The molecule has 1 aliphatic rings. The van der Waals surface area contributed by atoms with Gasteiger partial charge in [-0.15, -0.1) is 0 Å². The molecule has 157 valence electrons. The highest BCUT2D eigenvalue weighted by Crippen LogP contribution is 2.30. The van der Waals surface area contributed by atoms with Crippen LogP contribution in [0.2, 0.25) is 0 Å². The highest BCUT2D eigenvalue weighted by atomic mass is 32.1. The van der Waals surface area contributed by atoms with Crippen molar-refractivity contribution in [1.82, 2.24) is 4.90 Å². The second-order valence-corrected chi connectivity index (χ2v) is 10.3. The number of hydrogen-bond donors (Lipinski definition) is 2. The van der Waals surface area contributed by atoms with E-state index in [0.29, 0.717) is 0 Å². The second-order valence-electron chi connectivity index (χ2n) is 9.22. The van der Waals surface area contributed by atoms with E-state index >= 15 is 0 Å². The molecular formula is C22H38BN2O2S. The van der Waals surface area contributed by atoms with E-state index in [4.69, 9.17) is 9.76 Å². The lowest BCUT2D eigenvalue weighted by Gasteiger charge is -2.43. The van der Waals surface area contributed by atoms with Gasteiger partial charge in [-0.3, -0.25) is 4.90 Å². The summed E-state index contributed by atoms with van der Waals surface area (Å²) in [6.45, 7) is 22.5. The van der Waals surface area contributed by atoms with Gasteiger partial charge in [0.15, 0.2) is 0 Å². The molecule has 0 atom stereocenters. The van der Waals surface area contributed by atoms with Crippen LogP contribution in [-0.2, 0) is 4.65 Å². The van der Waals surface area contributed by atoms with E-state index in [-0.39, 0.29) is 15.9 Å². The first-order chi connectivity index (χ1) is 12.8. The highest BCUT2D eigenvalue weighted by Gasteiger charge is 2.34. The number of aliphatic hydroxyl groups is 1. The maximum atomic E-state index is 7.33. The van der Waals surface area contributed by atoms with Crippen LogP contribution < -0.4 is 10.4 Å². The van der Waals surface area contributed by atoms with Crippen LogP contribution in [0, 0.1) is 0 Å². The van der Waals surface area contributed by atoms with E-state index in [1.807, 2.05) is 7.48 Å². The minimum atomic E-state index is -0.335. The van der Waals surface area contributed by atoms with Crippen molar-refractivity contribution in [3.8, 4) is 0 Å². The number of benzene rings is 1. The monoisotopic (exact) mass is 405 g/mol. The van der Waals surface area contributed by atoms with Crippen molar-refractivity contribution >= 4 is 31.3 Å². The van der Waals surface area contributed by atoms with Crippen molar-refractivity contribution in [3.05, 3.63) is 37.1 Å². The smallest absolute Gasteiger partial charge is 0.330 e.